The Morgan fingerprint density at radius 2 is 1.59 bits per heavy atom. The van der Waals surface area contributed by atoms with Gasteiger partial charge in [0.1, 0.15) is 0 Å². The van der Waals surface area contributed by atoms with Crippen LogP contribution in [0.25, 0.3) is 0 Å². The molecular formula is C12H13F5O4S. The molecule has 0 radical (unpaired) electrons. The van der Waals surface area contributed by atoms with Crippen LogP contribution in [0.5, 0.6) is 0 Å². The Morgan fingerprint density at radius 3 is 2.00 bits per heavy atom. The van der Waals surface area contributed by atoms with Gasteiger partial charge in [0.15, 0.2) is 0 Å². The molecule has 0 amide bonds. The third-order valence-electron chi connectivity index (χ3n) is 2.52. The van der Waals surface area contributed by atoms with Gasteiger partial charge in [-0.3, -0.25) is 0 Å². The van der Waals surface area contributed by atoms with E-state index in [0.29, 0.717) is 5.56 Å². The van der Waals surface area contributed by atoms with Gasteiger partial charge in [0.05, 0.1) is 4.90 Å². The fourth-order valence-electron chi connectivity index (χ4n) is 1.35. The zero-order valence-electron chi connectivity index (χ0n) is 11.5. The highest BCUT2D eigenvalue weighted by molar-refractivity contribution is 7.86. The summed E-state index contributed by atoms with van der Waals surface area (Å²) in [7, 11) is -4.85. The molecule has 0 aliphatic carbocycles. The topological polar surface area (TPSA) is 52.6 Å². The van der Waals surface area contributed by atoms with E-state index in [1.54, 1.807) is 6.92 Å². The normalized spacial score (nSPS) is 14.9. The molecule has 1 aromatic carbocycles. The Bertz CT molecular complexity index is 595. The lowest BCUT2D eigenvalue weighted by molar-refractivity contribution is -0.349. The average Bonchev–Trinajstić information content (AvgIpc) is 2.37. The zero-order valence-corrected chi connectivity index (χ0v) is 12.3. The Hall–Kier alpha value is -1.26. The van der Waals surface area contributed by atoms with Gasteiger partial charge < -0.3 is 4.74 Å². The van der Waals surface area contributed by atoms with Crippen LogP contribution in [0.15, 0.2) is 29.2 Å². The number of alkyl halides is 5. The summed E-state index contributed by atoms with van der Waals surface area (Å²) in [5.41, 5.74) is 0.668. The summed E-state index contributed by atoms with van der Waals surface area (Å²) in [4.78, 5) is -0.555. The Balaban J connectivity index is 3.12. The molecule has 0 spiro atoms. The van der Waals surface area contributed by atoms with Crippen molar-refractivity contribution in [3.63, 3.8) is 0 Å². The standard InChI is InChI=1S/C12H13F5O4S/c1-3-20-10(11(13,14)12(15,16)17)21-22(18,19)9-6-4-8(2)5-7-9/h4-7,10H,3H2,1-2H3. The number of hydrogen-bond acceptors (Lipinski definition) is 4. The van der Waals surface area contributed by atoms with Crippen LogP contribution in [-0.4, -0.2) is 33.4 Å². The first kappa shape index (κ1) is 18.8. The van der Waals surface area contributed by atoms with Crippen LogP contribution in [0.3, 0.4) is 0 Å². The van der Waals surface area contributed by atoms with Gasteiger partial charge in [-0.1, -0.05) is 17.7 Å². The van der Waals surface area contributed by atoms with E-state index in [-0.39, 0.29) is 0 Å². The fourth-order valence-corrected chi connectivity index (χ4v) is 2.34. The second-order valence-corrected chi connectivity index (χ2v) is 5.84. The lowest BCUT2D eigenvalue weighted by Crippen LogP contribution is -2.50. The predicted molar refractivity (Wildman–Crippen MR) is 65.9 cm³/mol. The van der Waals surface area contributed by atoms with Crippen LogP contribution in [0.1, 0.15) is 12.5 Å². The van der Waals surface area contributed by atoms with Crippen molar-refractivity contribution in [2.45, 2.75) is 37.1 Å². The van der Waals surface area contributed by atoms with E-state index in [1.165, 1.54) is 12.1 Å². The van der Waals surface area contributed by atoms with Crippen LogP contribution in [0.4, 0.5) is 22.0 Å². The molecule has 1 aromatic rings. The van der Waals surface area contributed by atoms with Crippen LogP contribution < -0.4 is 0 Å². The third-order valence-corrected chi connectivity index (χ3v) is 3.79. The highest BCUT2D eigenvalue weighted by Crippen LogP contribution is 2.40. The van der Waals surface area contributed by atoms with E-state index in [1.807, 2.05) is 0 Å². The Kier molecular flexibility index (Phi) is 5.52. The quantitative estimate of drug-likeness (QED) is 0.450. The van der Waals surface area contributed by atoms with Crippen LogP contribution in [0.2, 0.25) is 0 Å². The van der Waals surface area contributed by atoms with Crippen molar-refractivity contribution < 1.29 is 39.3 Å². The van der Waals surface area contributed by atoms with Crippen molar-refractivity contribution in [3.05, 3.63) is 29.8 Å². The van der Waals surface area contributed by atoms with Gasteiger partial charge in [-0.05, 0) is 26.0 Å². The highest BCUT2D eigenvalue weighted by Gasteiger charge is 2.65. The van der Waals surface area contributed by atoms with Gasteiger partial charge in [-0.15, -0.1) is 0 Å². The van der Waals surface area contributed by atoms with Gasteiger partial charge in [0, 0.05) is 6.61 Å². The molecular weight excluding hydrogens is 335 g/mol. The second kappa shape index (κ2) is 6.47. The SMILES string of the molecule is CCOC(OS(=O)(=O)c1ccc(C)cc1)C(F)(F)C(F)(F)F. The molecule has 0 heterocycles. The molecule has 0 aromatic heterocycles. The minimum absolute atomic E-state index is 0.555. The van der Waals surface area contributed by atoms with E-state index in [0.717, 1.165) is 19.1 Å². The summed E-state index contributed by atoms with van der Waals surface area (Å²) in [5, 5.41) is 0. The average molecular weight is 348 g/mol. The van der Waals surface area contributed by atoms with E-state index in [9.17, 15) is 30.4 Å². The Morgan fingerprint density at radius 1 is 1.09 bits per heavy atom. The van der Waals surface area contributed by atoms with Gasteiger partial charge in [0.25, 0.3) is 10.1 Å². The summed E-state index contributed by atoms with van der Waals surface area (Å²) in [6.45, 7) is 2.17. The minimum Gasteiger partial charge on any atom is -0.346 e. The maximum atomic E-state index is 13.3. The van der Waals surface area contributed by atoms with Gasteiger partial charge in [-0.25, -0.2) is 4.18 Å². The maximum absolute atomic E-state index is 13.3. The molecule has 1 unspecified atom stereocenters. The molecule has 0 bridgehead atoms. The highest BCUT2D eigenvalue weighted by atomic mass is 32.2. The zero-order chi connectivity index (χ0) is 17.2. The maximum Gasteiger partial charge on any atom is 0.458 e. The van der Waals surface area contributed by atoms with Gasteiger partial charge in [-0.2, -0.15) is 30.4 Å². The van der Waals surface area contributed by atoms with Crippen molar-refractivity contribution in [3.8, 4) is 0 Å². The number of ether oxygens (including phenoxy) is 1. The van der Waals surface area contributed by atoms with E-state index in [2.05, 4.69) is 8.92 Å². The first-order chi connectivity index (χ1) is 9.91. The molecule has 0 saturated heterocycles. The van der Waals surface area contributed by atoms with Gasteiger partial charge >= 0.3 is 12.1 Å². The summed E-state index contributed by atoms with van der Waals surface area (Å²) >= 11 is 0. The monoisotopic (exact) mass is 348 g/mol. The summed E-state index contributed by atoms with van der Waals surface area (Å²) in [6, 6.07) is 4.74. The molecule has 10 heteroatoms. The first-order valence-corrected chi connectivity index (χ1v) is 7.38. The van der Waals surface area contributed by atoms with Crippen molar-refractivity contribution in [1.29, 1.82) is 0 Å². The predicted octanol–water partition coefficient (Wildman–Crippen LogP) is 3.26. The van der Waals surface area contributed by atoms with Crippen molar-refractivity contribution in [2.24, 2.45) is 0 Å². The lowest BCUT2D eigenvalue weighted by atomic mass is 10.2. The molecule has 0 aliphatic rings. The number of benzene rings is 1. The Labute approximate surface area is 124 Å². The van der Waals surface area contributed by atoms with E-state index < -0.39 is 40.0 Å². The number of halogens is 5. The molecule has 0 N–H and O–H groups in total. The third kappa shape index (κ3) is 4.14. The molecule has 0 saturated carbocycles. The number of aryl methyl sites for hydroxylation is 1. The van der Waals surface area contributed by atoms with Crippen LogP contribution in [0, 0.1) is 6.92 Å². The van der Waals surface area contributed by atoms with Crippen LogP contribution >= 0.6 is 0 Å². The van der Waals surface area contributed by atoms with E-state index in [4.69, 9.17) is 0 Å². The van der Waals surface area contributed by atoms with Crippen molar-refractivity contribution in [2.75, 3.05) is 6.61 Å². The summed E-state index contributed by atoms with van der Waals surface area (Å²) in [5.74, 6) is -5.49. The molecule has 0 aliphatic heterocycles. The lowest BCUT2D eigenvalue weighted by Gasteiger charge is -2.27. The largest absolute Gasteiger partial charge is 0.458 e. The molecule has 126 valence electrons. The number of rotatable bonds is 6. The fraction of sp³-hybridized carbons (Fsp3) is 0.500. The number of hydrogen-bond donors (Lipinski definition) is 0. The smallest absolute Gasteiger partial charge is 0.346 e. The van der Waals surface area contributed by atoms with Crippen molar-refractivity contribution >= 4 is 10.1 Å². The van der Waals surface area contributed by atoms with Gasteiger partial charge in [0.2, 0.25) is 6.29 Å². The van der Waals surface area contributed by atoms with Crippen LogP contribution in [-0.2, 0) is 19.0 Å². The van der Waals surface area contributed by atoms with Crippen molar-refractivity contribution in [1.82, 2.24) is 0 Å². The molecule has 22 heavy (non-hydrogen) atoms. The van der Waals surface area contributed by atoms with E-state index >= 15 is 0 Å². The second-order valence-electron chi connectivity index (χ2n) is 4.27. The molecule has 0 fully saturated rings. The molecule has 4 nitrogen and oxygen atoms in total. The summed E-state index contributed by atoms with van der Waals surface area (Å²) in [6.07, 6.45) is -9.32. The molecule has 1 rings (SSSR count). The molecule has 1 atom stereocenters. The minimum atomic E-state index is -6.02. The first-order valence-electron chi connectivity index (χ1n) is 5.98. The summed E-state index contributed by atoms with van der Waals surface area (Å²) < 4.78 is 95.2.